The number of rotatable bonds is 6. The standard InChI is InChI=1S/C27H23BrN2O3/c1-29-14-21(18-7-3-5-9-23(18)29)27(22-15-30(2)24-10-6-4-8-19(22)24)20-13-17(28)11-12-25(20)33-16-26(31)32/h3-15,27H,16H2,1-2H3,(H,31,32). The number of benzene rings is 3. The predicted octanol–water partition coefficient (Wildman–Crippen LogP) is 6.08. The second-order valence-corrected chi connectivity index (χ2v) is 9.14. The highest BCUT2D eigenvalue weighted by Crippen LogP contribution is 2.44. The Hall–Kier alpha value is -3.51. The third-order valence-electron chi connectivity index (χ3n) is 6.11. The Kier molecular flexibility index (Phi) is 5.46. The molecule has 0 bridgehead atoms. The van der Waals surface area contributed by atoms with Crippen LogP contribution in [0.4, 0.5) is 0 Å². The van der Waals surface area contributed by atoms with Gasteiger partial charge in [-0.25, -0.2) is 4.79 Å². The minimum Gasteiger partial charge on any atom is -0.482 e. The van der Waals surface area contributed by atoms with Crippen molar-refractivity contribution in [2.75, 3.05) is 6.61 Å². The molecule has 1 N–H and O–H groups in total. The molecule has 0 radical (unpaired) electrons. The summed E-state index contributed by atoms with van der Waals surface area (Å²) in [6, 6.07) is 22.4. The predicted molar refractivity (Wildman–Crippen MR) is 134 cm³/mol. The van der Waals surface area contributed by atoms with Crippen molar-refractivity contribution in [3.05, 3.63) is 100 Å². The molecule has 0 atom stereocenters. The van der Waals surface area contributed by atoms with Crippen molar-refractivity contribution >= 4 is 43.7 Å². The maximum Gasteiger partial charge on any atom is 0.341 e. The van der Waals surface area contributed by atoms with Crippen LogP contribution in [0.25, 0.3) is 21.8 Å². The van der Waals surface area contributed by atoms with Crippen LogP contribution in [0, 0.1) is 0 Å². The van der Waals surface area contributed by atoms with Gasteiger partial charge in [0.05, 0.1) is 0 Å². The summed E-state index contributed by atoms with van der Waals surface area (Å²) >= 11 is 3.62. The molecule has 0 aliphatic carbocycles. The molecule has 0 amide bonds. The van der Waals surface area contributed by atoms with Crippen LogP contribution in [0.1, 0.15) is 22.6 Å². The molecule has 33 heavy (non-hydrogen) atoms. The van der Waals surface area contributed by atoms with Gasteiger partial charge >= 0.3 is 5.97 Å². The van der Waals surface area contributed by atoms with E-state index in [2.05, 4.69) is 88.0 Å². The van der Waals surface area contributed by atoms with Crippen molar-refractivity contribution in [3.63, 3.8) is 0 Å². The van der Waals surface area contributed by atoms with Crippen LogP contribution in [-0.2, 0) is 18.9 Å². The number of fused-ring (bicyclic) bond motifs is 2. The topological polar surface area (TPSA) is 56.4 Å². The summed E-state index contributed by atoms with van der Waals surface area (Å²) < 4.78 is 11.0. The summed E-state index contributed by atoms with van der Waals surface area (Å²) in [7, 11) is 4.10. The lowest BCUT2D eigenvalue weighted by Gasteiger charge is -2.21. The molecule has 0 spiro atoms. The average molecular weight is 503 g/mol. The lowest BCUT2D eigenvalue weighted by atomic mass is 9.84. The summed E-state index contributed by atoms with van der Waals surface area (Å²) in [6.07, 6.45) is 4.33. The highest BCUT2D eigenvalue weighted by Gasteiger charge is 2.27. The van der Waals surface area contributed by atoms with E-state index in [4.69, 9.17) is 4.74 Å². The van der Waals surface area contributed by atoms with E-state index in [0.717, 1.165) is 43.0 Å². The van der Waals surface area contributed by atoms with Crippen molar-refractivity contribution in [2.45, 2.75) is 5.92 Å². The number of hydrogen-bond donors (Lipinski definition) is 1. The molecule has 5 nitrogen and oxygen atoms in total. The zero-order chi connectivity index (χ0) is 23.1. The molecular weight excluding hydrogens is 480 g/mol. The molecule has 0 saturated carbocycles. The fraction of sp³-hybridized carbons (Fsp3) is 0.148. The molecule has 0 saturated heterocycles. The van der Waals surface area contributed by atoms with E-state index < -0.39 is 12.6 Å². The van der Waals surface area contributed by atoms with Crippen molar-refractivity contribution in [1.29, 1.82) is 0 Å². The SMILES string of the molecule is Cn1cc(C(c2cc(Br)ccc2OCC(=O)O)c2cn(C)c3ccccc23)c2ccccc21. The second kappa shape index (κ2) is 8.45. The molecule has 5 rings (SSSR count). The number of ether oxygens (including phenoxy) is 1. The number of para-hydroxylation sites is 2. The van der Waals surface area contributed by atoms with Gasteiger partial charge in [-0.1, -0.05) is 52.3 Å². The molecular formula is C27H23BrN2O3. The Balaban J connectivity index is 1.83. The van der Waals surface area contributed by atoms with Gasteiger partial charge in [0.1, 0.15) is 5.75 Å². The molecule has 3 aromatic carbocycles. The largest absolute Gasteiger partial charge is 0.482 e. The number of hydrogen-bond acceptors (Lipinski definition) is 2. The van der Waals surface area contributed by atoms with Crippen molar-refractivity contribution in [1.82, 2.24) is 9.13 Å². The number of carbonyl (C=O) groups is 1. The van der Waals surface area contributed by atoms with Crippen LogP contribution in [0.3, 0.4) is 0 Å². The Bertz CT molecular complexity index is 1420. The van der Waals surface area contributed by atoms with E-state index in [0.29, 0.717) is 5.75 Å². The number of nitrogens with zero attached hydrogens (tertiary/aromatic N) is 2. The van der Waals surface area contributed by atoms with Gasteiger partial charge in [0.25, 0.3) is 0 Å². The third-order valence-corrected chi connectivity index (χ3v) is 6.60. The zero-order valence-electron chi connectivity index (χ0n) is 18.3. The summed E-state index contributed by atoms with van der Waals surface area (Å²) in [5.41, 5.74) is 5.48. The first-order valence-corrected chi connectivity index (χ1v) is 11.5. The normalized spacial score (nSPS) is 11.5. The van der Waals surface area contributed by atoms with Crippen LogP contribution in [0.2, 0.25) is 0 Å². The highest BCUT2D eigenvalue weighted by molar-refractivity contribution is 9.10. The number of carboxylic acids is 1. The second-order valence-electron chi connectivity index (χ2n) is 8.22. The number of halogens is 1. The Labute approximate surface area is 200 Å². The zero-order valence-corrected chi connectivity index (χ0v) is 19.9. The lowest BCUT2D eigenvalue weighted by Crippen LogP contribution is -2.12. The number of carboxylic acid groups (broad SMARTS) is 1. The molecule has 0 aliphatic rings. The maximum atomic E-state index is 11.3. The molecule has 2 aromatic heterocycles. The third kappa shape index (κ3) is 3.80. The van der Waals surface area contributed by atoms with Crippen LogP contribution < -0.4 is 4.74 Å². The molecule has 0 aliphatic heterocycles. The van der Waals surface area contributed by atoms with Crippen molar-refractivity contribution in [2.24, 2.45) is 14.1 Å². The van der Waals surface area contributed by atoms with E-state index in [9.17, 15) is 9.90 Å². The summed E-state index contributed by atoms with van der Waals surface area (Å²) in [4.78, 5) is 11.3. The van der Waals surface area contributed by atoms with Gasteiger partial charge < -0.3 is 19.0 Å². The van der Waals surface area contributed by atoms with Crippen LogP contribution in [-0.4, -0.2) is 26.8 Å². The molecule has 2 heterocycles. The Morgan fingerprint density at radius 2 is 1.42 bits per heavy atom. The van der Waals surface area contributed by atoms with Gasteiger partial charge in [0.15, 0.2) is 6.61 Å². The molecule has 166 valence electrons. The van der Waals surface area contributed by atoms with Crippen LogP contribution >= 0.6 is 15.9 Å². The van der Waals surface area contributed by atoms with E-state index in [1.54, 1.807) is 0 Å². The first-order chi connectivity index (χ1) is 15.9. The fourth-order valence-electron chi connectivity index (χ4n) is 4.72. The maximum absolute atomic E-state index is 11.3. The summed E-state index contributed by atoms with van der Waals surface area (Å²) in [5.74, 6) is -0.606. The summed E-state index contributed by atoms with van der Waals surface area (Å²) in [6.45, 7) is -0.396. The minimum atomic E-state index is -1.00. The Morgan fingerprint density at radius 1 is 0.879 bits per heavy atom. The van der Waals surface area contributed by atoms with Gasteiger partial charge in [-0.15, -0.1) is 0 Å². The Morgan fingerprint density at radius 3 is 1.97 bits per heavy atom. The molecule has 0 fully saturated rings. The van der Waals surface area contributed by atoms with Gasteiger partial charge in [-0.2, -0.15) is 0 Å². The molecule has 6 heteroatoms. The van der Waals surface area contributed by atoms with E-state index >= 15 is 0 Å². The first-order valence-electron chi connectivity index (χ1n) is 10.7. The minimum absolute atomic E-state index is 0.163. The number of aromatic nitrogens is 2. The van der Waals surface area contributed by atoms with Gasteiger partial charge in [-0.05, 0) is 41.5 Å². The molecule has 5 aromatic rings. The average Bonchev–Trinajstić information content (AvgIpc) is 3.31. The monoisotopic (exact) mass is 502 g/mol. The van der Waals surface area contributed by atoms with Crippen molar-refractivity contribution in [3.8, 4) is 5.75 Å². The van der Waals surface area contributed by atoms with Crippen molar-refractivity contribution < 1.29 is 14.6 Å². The van der Waals surface area contributed by atoms with Gasteiger partial charge in [0.2, 0.25) is 0 Å². The number of aliphatic carboxylic acids is 1. The van der Waals surface area contributed by atoms with Gasteiger partial charge in [0, 0.05) is 64.2 Å². The van der Waals surface area contributed by atoms with Crippen LogP contribution in [0.15, 0.2) is 83.6 Å². The van der Waals surface area contributed by atoms with E-state index in [-0.39, 0.29) is 5.92 Å². The van der Waals surface area contributed by atoms with Gasteiger partial charge in [-0.3, -0.25) is 0 Å². The first kappa shape index (κ1) is 21.3. The highest BCUT2D eigenvalue weighted by atomic mass is 79.9. The molecule has 0 unspecified atom stereocenters. The smallest absolute Gasteiger partial charge is 0.341 e. The lowest BCUT2D eigenvalue weighted by molar-refractivity contribution is -0.139. The van der Waals surface area contributed by atoms with E-state index in [1.807, 2.05) is 30.3 Å². The summed E-state index contributed by atoms with van der Waals surface area (Å²) in [5, 5.41) is 11.6. The number of aryl methyl sites for hydroxylation is 2. The quantitative estimate of drug-likeness (QED) is 0.306. The van der Waals surface area contributed by atoms with Crippen LogP contribution in [0.5, 0.6) is 5.75 Å². The van der Waals surface area contributed by atoms with E-state index in [1.165, 1.54) is 0 Å². The fourth-order valence-corrected chi connectivity index (χ4v) is 5.10.